The highest BCUT2D eigenvalue weighted by atomic mass is 16.5. The average molecular weight is 455 g/mol. The van der Waals surface area contributed by atoms with E-state index in [4.69, 9.17) is 14.2 Å². The van der Waals surface area contributed by atoms with E-state index in [1.807, 2.05) is 18.2 Å². The zero-order chi connectivity index (χ0) is 24.0. The van der Waals surface area contributed by atoms with Gasteiger partial charge in [-0.3, -0.25) is 9.59 Å². The lowest BCUT2D eigenvalue weighted by Gasteiger charge is -2.21. The number of methoxy groups -OCH3 is 3. The van der Waals surface area contributed by atoms with Crippen molar-refractivity contribution in [1.82, 2.24) is 10.2 Å². The number of nitrogens with one attached hydrogen (secondary N) is 1. The van der Waals surface area contributed by atoms with E-state index in [0.29, 0.717) is 48.4 Å². The first kappa shape index (κ1) is 24.4. The summed E-state index contributed by atoms with van der Waals surface area (Å²) in [6.07, 6.45) is 0.904. The smallest absolute Gasteiger partial charge is 0.254 e. The molecule has 0 spiro atoms. The number of hydrogen-bond acceptors (Lipinski definition) is 5. The maximum Gasteiger partial charge on any atom is 0.254 e. The molecule has 33 heavy (non-hydrogen) atoms. The minimum Gasteiger partial charge on any atom is -0.497 e. The molecule has 1 aliphatic heterocycles. The summed E-state index contributed by atoms with van der Waals surface area (Å²) in [5, 5.41) is 3.07. The third-order valence-electron chi connectivity index (χ3n) is 6.12. The Hall–Kier alpha value is -3.22. The minimum absolute atomic E-state index is 0.0422. The quantitative estimate of drug-likeness (QED) is 0.625. The highest BCUT2D eigenvalue weighted by Crippen LogP contribution is 2.39. The van der Waals surface area contributed by atoms with Crippen LogP contribution in [0.4, 0.5) is 0 Å². The normalized spacial score (nSPS) is 17.7. The molecule has 2 aromatic rings. The Morgan fingerprint density at radius 1 is 1.00 bits per heavy atom. The van der Waals surface area contributed by atoms with Crippen molar-refractivity contribution in [2.24, 2.45) is 11.8 Å². The third-order valence-corrected chi connectivity index (χ3v) is 6.12. The van der Waals surface area contributed by atoms with Crippen molar-refractivity contribution in [3.05, 3.63) is 53.6 Å². The number of carbonyl (C=O) groups is 2. The van der Waals surface area contributed by atoms with Crippen LogP contribution < -0.4 is 19.5 Å². The van der Waals surface area contributed by atoms with Crippen molar-refractivity contribution in [1.29, 1.82) is 0 Å². The van der Waals surface area contributed by atoms with Gasteiger partial charge in [0.15, 0.2) is 0 Å². The van der Waals surface area contributed by atoms with Crippen LogP contribution in [0.3, 0.4) is 0 Å². The second-order valence-electron chi connectivity index (χ2n) is 8.74. The SMILES string of the molecule is COc1cccc(C(=O)N2C[C@H](c3ccc(OC)cc3OC)[C@H](C(=O)NCCC(C)C)C2)c1. The fourth-order valence-electron chi connectivity index (χ4n) is 4.23. The van der Waals surface area contributed by atoms with Gasteiger partial charge < -0.3 is 24.4 Å². The summed E-state index contributed by atoms with van der Waals surface area (Å²) in [4.78, 5) is 28.3. The van der Waals surface area contributed by atoms with Gasteiger partial charge in [0.1, 0.15) is 17.2 Å². The molecule has 2 atom stereocenters. The highest BCUT2D eigenvalue weighted by molar-refractivity contribution is 5.95. The van der Waals surface area contributed by atoms with E-state index in [1.54, 1.807) is 50.5 Å². The molecule has 0 aliphatic carbocycles. The Morgan fingerprint density at radius 2 is 1.73 bits per heavy atom. The third kappa shape index (κ3) is 5.78. The van der Waals surface area contributed by atoms with Crippen molar-refractivity contribution < 1.29 is 23.8 Å². The van der Waals surface area contributed by atoms with E-state index < -0.39 is 0 Å². The van der Waals surface area contributed by atoms with Gasteiger partial charge >= 0.3 is 0 Å². The molecule has 0 bridgehead atoms. The van der Waals surface area contributed by atoms with Crippen molar-refractivity contribution in [3.63, 3.8) is 0 Å². The number of benzene rings is 2. The van der Waals surface area contributed by atoms with Crippen LogP contribution in [0.5, 0.6) is 17.2 Å². The highest BCUT2D eigenvalue weighted by Gasteiger charge is 2.41. The number of carbonyl (C=O) groups excluding carboxylic acids is 2. The molecule has 1 saturated heterocycles. The lowest BCUT2D eigenvalue weighted by Crippen LogP contribution is -2.36. The number of ether oxygens (including phenoxy) is 3. The van der Waals surface area contributed by atoms with Crippen molar-refractivity contribution in [2.45, 2.75) is 26.2 Å². The second-order valence-corrected chi connectivity index (χ2v) is 8.74. The molecule has 178 valence electrons. The molecular formula is C26H34N2O5. The summed E-state index contributed by atoms with van der Waals surface area (Å²) in [5.41, 5.74) is 1.43. The van der Waals surface area contributed by atoms with Gasteiger partial charge in [-0.15, -0.1) is 0 Å². The van der Waals surface area contributed by atoms with Gasteiger partial charge in [0.2, 0.25) is 5.91 Å². The van der Waals surface area contributed by atoms with Gasteiger partial charge in [-0.2, -0.15) is 0 Å². The molecule has 1 aliphatic rings. The predicted molar refractivity (Wildman–Crippen MR) is 127 cm³/mol. The monoisotopic (exact) mass is 454 g/mol. The zero-order valence-electron chi connectivity index (χ0n) is 20.1. The minimum atomic E-state index is -0.381. The summed E-state index contributed by atoms with van der Waals surface area (Å²) < 4.78 is 16.2. The van der Waals surface area contributed by atoms with E-state index in [2.05, 4.69) is 19.2 Å². The molecule has 1 heterocycles. The Morgan fingerprint density at radius 3 is 2.39 bits per heavy atom. The second kappa shape index (κ2) is 11.1. The zero-order valence-corrected chi connectivity index (χ0v) is 20.1. The molecule has 0 aromatic heterocycles. The Bertz CT molecular complexity index is 975. The van der Waals surface area contributed by atoms with Gasteiger partial charge in [0.25, 0.3) is 5.91 Å². The molecular weight excluding hydrogens is 420 g/mol. The average Bonchev–Trinajstić information content (AvgIpc) is 3.28. The fourth-order valence-corrected chi connectivity index (χ4v) is 4.23. The molecule has 0 saturated carbocycles. The molecule has 7 nitrogen and oxygen atoms in total. The number of likely N-dealkylation sites (tertiary alicyclic amines) is 1. The van der Waals surface area contributed by atoms with Gasteiger partial charge in [-0.1, -0.05) is 26.0 Å². The van der Waals surface area contributed by atoms with Crippen molar-refractivity contribution in [3.8, 4) is 17.2 Å². The van der Waals surface area contributed by atoms with E-state index in [1.165, 1.54) is 0 Å². The number of amides is 2. The molecule has 7 heteroatoms. The lowest BCUT2D eigenvalue weighted by molar-refractivity contribution is -0.124. The molecule has 2 amide bonds. The molecule has 0 radical (unpaired) electrons. The van der Waals surface area contributed by atoms with E-state index >= 15 is 0 Å². The summed E-state index contributed by atoms with van der Waals surface area (Å²) in [6.45, 7) is 5.62. The molecule has 1 fully saturated rings. The summed E-state index contributed by atoms with van der Waals surface area (Å²) in [5.74, 6) is 1.71. The number of nitrogens with zero attached hydrogens (tertiary/aromatic N) is 1. The van der Waals surface area contributed by atoms with Crippen LogP contribution in [0, 0.1) is 11.8 Å². The van der Waals surface area contributed by atoms with Crippen LogP contribution in [0.15, 0.2) is 42.5 Å². The first-order chi connectivity index (χ1) is 15.9. The predicted octanol–water partition coefficient (Wildman–Crippen LogP) is 3.73. The van der Waals surface area contributed by atoms with Crippen LogP contribution in [0.1, 0.15) is 42.1 Å². The Balaban J connectivity index is 1.89. The first-order valence-electron chi connectivity index (χ1n) is 11.3. The maximum absolute atomic E-state index is 13.3. The Kier molecular flexibility index (Phi) is 8.20. The topological polar surface area (TPSA) is 77.1 Å². The Labute approximate surface area is 196 Å². The first-order valence-corrected chi connectivity index (χ1v) is 11.3. The molecule has 3 rings (SSSR count). The van der Waals surface area contributed by atoms with E-state index in [9.17, 15) is 9.59 Å². The van der Waals surface area contributed by atoms with E-state index in [-0.39, 0.29) is 23.7 Å². The standard InChI is InChI=1S/C26H34N2O5/c1-17(2)11-12-27-25(29)23-16-28(26(30)18-7-6-8-19(13-18)31-3)15-22(23)21-10-9-20(32-4)14-24(21)33-5/h6-10,13-14,17,22-23H,11-12,15-16H2,1-5H3,(H,27,29)/t22-,23-/m1/s1. The van der Waals surface area contributed by atoms with Crippen LogP contribution in [0.25, 0.3) is 0 Å². The van der Waals surface area contributed by atoms with E-state index in [0.717, 1.165) is 12.0 Å². The van der Waals surface area contributed by atoms with Gasteiger partial charge in [0.05, 0.1) is 27.2 Å². The molecule has 0 unspecified atom stereocenters. The summed E-state index contributed by atoms with van der Waals surface area (Å²) in [6, 6.07) is 12.7. The van der Waals surface area contributed by atoms with Gasteiger partial charge in [-0.05, 0) is 36.6 Å². The van der Waals surface area contributed by atoms with Crippen LogP contribution in [-0.2, 0) is 4.79 Å². The van der Waals surface area contributed by atoms with Gasteiger partial charge in [-0.25, -0.2) is 0 Å². The number of rotatable bonds is 9. The van der Waals surface area contributed by atoms with Crippen LogP contribution in [-0.4, -0.2) is 57.7 Å². The number of hydrogen-bond donors (Lipinski definition) is 1. The van der Waals surface area contributed by atoms with Crippen LogP contribution >= 0.6 is 0 Å². The largest absolute Gasteiger partial charge is 0.497 e. The van der Waals surface area contributed by atoms with Crippen molar-refractivity contribution in [2.75, 3.05) is 41.0 Å². The summed E-state index contributed by atoms with van der Waals surface area (Å²) in [7, 11) is 4.77. The maximum atomic E-state index is 13.3. The fraction of sp³-hybridized carbons (Fsp3) is 0.462. The molecule has 2 aromatic carbocycles. The van der Waals surface area contributed by atoms with Crippen LogP contribution in [0.2, 0.25) is 0 Å². The molecule has 1 N–H and O–H groups in total. The lowest BCUT2D eigenvalue weighted by atomic mass is 9.87. The van der Waals surface area contributed by atoms with Gasteiger partial charge in [0, 0.05) is 42.7 Å². The van der Waals surface area contributed by atoms with Crippen molar-refractivity contribution >= 4 is 11.8 Å². The summed E-state index contributed by atoms with van der Waals surface area (Å²) >= 11 is 0.